The highest BCUT2D eigenvalue weighted by Gasteiger charge is 2.30. The Labute approximate surface area is 129 Å². The number of hydrogen-bond acceptors (Lipinski definition) is 1. The minimum absolute atomic E-state index is 0.649. The van der Waals surface area contributed by atoms with Crippen LogP contribution in [-0.4, -0.2) is 18.0 Å². The minimum Gasteiger partial charge on any atom is -0.298 e. The second-order valence-electron chi connectivity index (χ2n) is 5.82. The molecular weight excluding hydrogens is 310 g/mol. The summed E-state index contributed by atoms with van der Waals surface area (Å²) in [5.41, 5.74) is 2.87. The molecule has 0 N–H and O–H groups in total. The first-order valence-corrected chi connectivity index (χ1v) is 8.03. The number of halogens is 1. The lowest BCUT2D eigenvalue weighted by Crippen LogP contribution is -2.20. The summed E-state index contributed by atoms with van der Waals surface area (Å²) >= 11 is 3.58. The molecule has 1 aliphatic rings. The third kappa shape index (κ3) is 3.13. The SMILES string of the molecule is CC1CN(Cc2ccccc2)CC1c1cccc(Br)c1. The molecule has 0 aromatic heterocycles. The van der Waals surface area contributed by atoms with E-state index in [4.69, 9.17) is 0 Å². The van der Waals surface area contributed by atoms with Gasteiger partial charge in [-0.05, 0) is 29.2 Å². The zero-order chi connectivity index (χ0) is 13.9. The second-order valence-corrected chi connectivity index (χ2v) is 6.73. The van der Waals surface area contributed by atoms with Crippen LogP contribution in [0.2, 0.25) is 0 Å². The lowest BCUT2D eigenvalue weighted by atomic mass is 9.90. The van der Waals surface area contributed by atoms with Crippen molar-refractivity contribution in [2.24, 2.45) is 5.92 Å². The zero-order valence-corrected chi connectivity index (χ0v) is 13.4. The molecule has 104 valence electrons. The summed E-state index contributed by atoms with van der Waals surface area (Å²) in [6, 6.07) is 19.6. The molecule has 1 nitrogen and oxygen atoms in total. The van der Waals surface area contributed by atoms with E-state index in [0.717, 1.165) is 13.1 Å². The van der Waals surface area contributed by atoms with E-state index >= 15 is 0 Å². The van der Waals surface area contributed by atoms with E-state index in [0.29, 0.717) is 11.8 Å². The summed E-state index contributed by atoms with van der Waals surface area (Å²) < 4.78 is 1.18. The summed E-state index contributed by atoms with van der Waals surface area (Å²) in [4.78, 5) is 2.57. The number of rotatable bonds is 3. The monoisotopic (exact) mass is 329 g/mol. The molecule has 1 heterocycles. The van der Waals surface area contributed by atoms with Crippen molar-refractivity contribution in [3.05, 3.63) is 70.2 Å². The Hall–Kier alpha value is -1.12. The van der Waals surface area contributed by atoms with E-state index in [9.17, 15) is 0 Å². The van der Waals surface area contributed by atoms with Gasteiger partial charge in [0.05, 0.1) is 0 Å². The van der Waals surface area contributed by atoms with Gasteiger partial charge in [-0.3, -0.25) is 4.90 Å². The van der Waals surface area contributed by atoms with Crippen molar-refractivity contribution in [1.29, 1.82) is 0 Å². The Morgan fingerprint density at radius 2 is 1.85 bits per heavy atom. The van der Waals surface area contributed by atoms with E-state index < -0.39 is 0 Å². The molecule has 0 spiro atoms. The third-order valence-corrected chi connectivity index (χ3v) is 4.71. The average molecular weight is 330 g/mol. The van der Waals surface area contributed by atoms with E-state index in [2.05, 4.69) is 82.4 Å². The lowest BCUT2D eigenvalue weighted by Gasteiger charge is -2.16. The zero-order valence-electron chi connectivity index (χ0n) is 11.8. The average Bonchev–Trinajstić information content (AvgIpc) is 2.81. The molecule has 0 saturated carbocycles. The van der Waals surface area contributed by atoms with Crippen molar-refractivity contribution in [1.82, 2.24) is 4.90 Å². The van der Waals surface area contributed by atoms with Crippen molar-refractivity contribution < 1.29 is 0 Å². The minimum atomic E-state index is 0.649. The van der Waals surface area contributed by atoms with E-state index in [1.165, 1.54) is 22.1 Å². The first-order valence-electron chi connectivity index (χ1n) is 7.24. The van der Waals surface area contributed by atoms with Crippen LogP contribution in [0.3, 0.4) is 0 Å². The van der Waals surface area contributed by atoms with Crippen LogP contribution in [0.1, 0.15) is 24.0 Å². The molecule has 1 saturated heterocycles. The lowest BCUT2D eigenvalue weighted by molar-refractivity contribution is 0.319. The van der Waals surface area contributed by atoms with Crippen LogP contribution in [0.25, 0.3) is 0 Å². The topological polar surface area (TPSA) is 3.24 Å². The van der Waals surface area contributed by atoms with Crippen molar-refractivity contribution in [2.45, 2.75) is 19.4 Å². The van der Waals surface area contributed by atoms with Gasteiger partial charge >= 0.3 is 0 Å². The van der Waals surface area contributed by atoms with E-state index in [1.54, 1.807) is 0 Å². The molecule has 2 aromatic carbocycles. The standard InChI is InChI=1S/C18H20BrN/c1-14-11-20(12-15-6-3-2-4-7-15)13-18(14)16-8-5-9-17(19)10-16/h2-10,14,18H,11-13H2,1H3. The van der Waals surface area contributed by atoms with Gasteiger partial charge in [-0.1, -0.05) is 65.3 Å². The molecular formula is C18H20BrN. The number of benzene rings is 2. The van der Waals surface area contributed by atoms with Gasteiger partial charge < -0.3 is 0 Å². The van der Waals surface area contributed by atoms with Gasteiger partial charge in [-0.15, -0.1) is 0 Å². The Morgan fingerprint density at radius 1 is 1.05 bits per heavy atom. The van der Waals surface area contributed by atoms with Crippen LogP contribution in [0, 0.1) is 5.92 Å². The molecule has 0 bridgehead atoms. The molecule has 3 rings (SSSR count). The molecule has 2 heteroatoms. The number of nitrogens with zero attached hydrogens (tertiary/aromatic N) is 1. The molecule has 0 amide bonds. The Balaban J connectivity index is 1.71. The predicted octanol–water partition coefficient (Wildman–Crippen LogP) is 4.68. The van der Waals surface area contributed by atoms with Crippen LogP contribution < -0.4 is 0 Å². The second kappa shape index (κ2) is 6.11. The molecule has 20 heavy (non-hydrogen) atoms. The fraction of sp³-hybridized carbons (Fsp3) is 0.333. The Bertz CT molecular complexity index is 567. The third-order valence-electron chi connectivity index (χ3n) is 4.21. The van der Waals surface area contributed by atoms with Gasteiger partial charge in [0.1, 0.15) is 0 Å². The Kier molecular flexibility index (Phi) is 4.23. The van der Waals surface area contributed by atoms with Crippen LogP contribution in [0.5, 0.6) is 0 Å². The number of hydrogen-bond donors (Lipinski definition) is 0. The van der Waals surface area contributed by atoms with Gasteiger partial charge in [-0.25, -0.2) is 0 Å². The first-order chi connectivity index (χ1) is 9.72. The van der Waals surface area contributed by atoms with Crippen molar-refractivity contribution in [3.63, 3.8) is 0 Å². The van der Waals surface area contributed by atoms with Crippen molar-refractivity contribution in [2.75, 3.05) is 13.1 Å². The molecule has 2 atom stereocenters. The summed E-state index contributed by atoms with van der Waals surface area (Å²) in [5, 5.41) is 0. The van der Waals surface area contributed by atoms with Gasteiger partial charge in [0.15, 0.2) is 0 Å². The largest absolute Gasteiger partial charge is 0.298 e. The maximum Gasteiger partial charge on any atom is 0.0234 e. The summed E-state index contributed by atoms with van der Waals surface area (Å²) in [6.45, 7) is 5.78. The molecule has 2 unspecified atom stereocenters. The van der Waals surface area contributed by atoms with Crippen molar-refractivity contribution >= 4 is 15.9 Å². The fourth-order valence-electron chi connectivity index (χ4n) is 3.21. The van der Waals surface area contributed by atoms with Crippen LogP contribution >= 0.6 is 15.9 Å². The Morgan fingerprint density at radius 3 is 2.60 bits per heavy atom. The van der Waals surface area contributed by atoms with Crippen molar-refractivity contribution in [3.8, 4) is 0 Å². The highest BCUT2D eigenvalue weighted by Crippen LogP contribution is 2.34. The van der Waals surface area contributed by atoms with E-state index in [1.807, 2.05) is 0 Å². The number of likely N-dealkylation sites (tertiary alicyclic amines) is 1. The highest BCUT2D eigenvalue weighted by atomic mass is 79.9. The molecule has 1 aliphatic heterocycles. The first kappa shape index (κ1) is 13.8. The van der Waals surface area contributed by atoms with Gasteiger partial charge in [0.2, 0.25) is 0 Å². The quantitative estimate of drug-likeness (QED) is 0.789. The smallest absolute Gasteiger partial charge is 0.0234 e. The van der Waals surface area contributed by atoms with E-state index in [-0.39, 0.29) is 0 Å². The van der Waals surface area contributed by atoms with Crippen LogP contribution in [-0.2, 0) is 6.54 Å². The van der Waals surface area contributed by atoms with Gasteiger partial charge in [-0.2, -0.15) is 0 Å². The van der Waals surface area contributed by atoms with Crippen LogP contribution in [0.15, 0.2) is 59.1 Å². The molecule has 0 radical (unpaired) electrons. The molecule has 0 aliphatic carbocycles. The van der Waals surface area contributed by atoms with Gasteiger partial charge in [0, 0.05) is 30.0 Å². The van der Waals surface area contributed by atoms with Gasteiger partial charge in [0.25, 0.3) is 0 Å². The summed E-state index contributed by atoms with van der Waals surface area (Å²) in [5.74, 6) is 1.37. The summed E-state index contributed by atoms with van der Waals surface area (Å²) in [6.07, 6.45) is 0. The fourth-order valence-corrected chi connectivity index (χ4v) is 3.63. The summed E-state index contributed by atoms with van der Waals surface area (Å²) in [7, 11) is 0. The maximum atomic E-state index is 3.58. The van der Waals surface area contributed by atoms with Crippen LogP contribution in [0.4, 0.5) is 0 Å². The molecule has 1 fully saturated rings. The molecule has 2 aromatic rings. The maximum absolute atomic E-state index is 3.58. The normalized spacial score (nSPS) is 23.1. The highest BCUT2D eigenvalue weighted by molar-refractivity contribution is 9.10. The predicted molar refractivity (Wildman–Crippen MR) is 87.8 cm³/mol.